The highest BCUT2D eigenvalue weighted by Crippen LogP contribution is 2.35. The zero-order valence-electron chi connectivity index (χ0n) is 15.9. The Kier molecular flexibility index (Phi) is 6.42. The fraction of sp³-hybridized carbons (Fsp3) is 0.273. The third-order valence-electron chi connectivity index (χ3n) is 5.08. The van der Waals surface area contributed by atoms with Crippen LogP contribution in [0.15, 0.2) is 66.2 Å². The number of rotatable bonds is 5. The lowest BCUT2D eigenvalue weighted by Crippen LogP contribution is -2.40. The van der Waals surface area contributed by atoms with Gasteiger partial charge in [0.15, 0.2) is 0 Å². The van der Waals surface area contributed by atoms with Gasteiger partial charge in [-0.25, -0.2) is 9.97 Å². The lowest BCUT2D eigenvalue weighted by atomic mass is 9.90. The third-order valence-corrected chi connectivity index (χ3v) is 6.41. The van der Waals surface area contributed by atoms with Gasteiger partial charge in [-0.1, -0.05) is 29.8 Å². The van der Waals surface area contributed by atoms with Gasteiger partial charge in [0.2, 0.25) is 5.91 Å². The molecule has 0 unspecified atom stereocenters. The van der Waals surface area contributed by atoms with Crippen molar-refractivity contribution in [1.82, 2.24) is 19.9 Å². The van der Waals surface area contributed by atoms with Crippen molar-refractivity contribution in [3.8, 4) is 11.1 Å². The van der Waals surface area contributed by atoms with E-state index in [1.807, 2.05) is 47.5 Å². The van der Waals surface area contributed by atoms with E-state index in [0.29, 0.717) is 17.3 Å². The molecule has 1 fully saturated rings. The Hall–Kier alpha value is -2.44. The largest absolute Gasteiger partial charge is 0.341 e. The summed E-state index contributed by atoms with van der Waals surface area (Å²) in [5, 5.41) is 0.682. The van der Waals surface area contributed by atoms with E-state index in [0.717, 1.165) is 41.1 Å². The number of halogens is 1. The molecule has 2 aromatic heterocycles. The van der Waals surface area contributed by atoms with Gasteiger partial charge in [-0.05, 0) is 31.0 Å². The van der Waals surface area contributed by atoms with Crippen LogP contribution in [-0.2, 0) is 4.79 Å². The lowest BCUT2D eigenvalue weighted by molar-refractivity contribution is -0.129. The van der Waals surface area contributed by atoms with Crippen molar-refractivity contribution in [2.45, 2.75) is 23.7 Å². The second-order valence-corrected chi connectivity index (χ2v) is 8.41. The molecule has 4 rings (SSSR count). The van der Waals surface area contributed by atoms with E-state index >= 15 is 0 Å². The minimum absolute atomic E-state index is 0.157. The Morgan fingerprint density at radius 2 is 1.97 bits per heavy atom. The summed E-state index contributed by atoms with van der Waals surface area (Å²) in [7, 11) is 0. The number of carbonyl (C=O) groups is 1. The first-order valence-corrected chi connectivity index (χ1v) is 10.9. The highest BCUT2D eigenvalue weighted by atomic mass is 35.5. The summed E-state index contributed by atoms with van der Waals surface area (Å²) in [6, 6.07) is 11.6. The molecule has 29 heavy (non-hydrogen) atoms. The number of piperidine rings is 1. The molecule has 3 aromatic rings. The van der Waals surface area contributed by atoms with E-state index in [1.165, 1.54) is 0 Å². The molecule has 1 aliphatic rings. The molecule has 1 amide bonds. The average molecular weight is 425 g/mol. The minimum atomic E-state index is 0.157. The van der Waals surface area contributed by atoms with Gasteiger partial charge in [0.05, 0.1) is 11.4 Å². The van der Waals surface area contributed by atoms with Gasteiger partial charge < -0.3 is 4.90 Å². The van der Waals surface area contributed by atoms with Gasteiger partial charge in [0.1, 0.15) is 6.33 Å². The lowest BCUT2D eigenvalue weighted by Gasteiger charge is -2.33. The monoisotopic (exact) mass is 424 g/mol. The topological polar surface area (TPSA) is 59.0 Å². The number of likely N-dealkylation sites (tertiary alicyclic amines) is 1. The average Bonchev–Trinajstić information content (AvgIpc) is 2.78. The molecule has 1 saturated heterocycles. The van der Waals surface area contributed by atoms with Crippen LogP contribution in [0.5, 0.6) is 0 Å². The highest BCUT2D eigenvalue weighted by Gasteiger charge is 2.27. The number of aromatic nitrogens is 3. The summed E-state index contributed by atoms with van der Waals surface area (Å²) >= 11 is 7.97. The Bertz CT molecular complexity index is 985. The van der Waals surface area contributed by atoms with Crippen molar-refractivity contribution in [3.05, 3.63) is 72.0 Å². The molecular formula is C22H21ClN4OS. The molecule has 0 bridgehead atoms. The normalized spacial score (nSPS) is 16.6. The van der Waals surface area contributed by atoms with Crippen LogP contribution >= 0.6 is 23.4 Å². The predicted molar refractivity (Wildman–Crippen MR) is 116 cm³/mol. The summed E-state index contributed by atoms with van der Waals surface area (Å²) in [5.41, 5.74) is 2.84. The molecule has 0 radical (unpaired) electrons. The number of amides is 1. The van der Waals surface area contributed by atoms with Gasteiger partial charge in [-0.2, -0.15) is 0 Å². The van der Waals surface area contributed by atoms with E-state index in [-0.39, 0.29) is 11.8 Å². The molecule has 1 aliphatic heterocycles. The first kappa shape index (κ1) is 19.9. The molecule has 0 saturated carbocycles. The first-order valence-electron chi connectivity index (χ1n) is 9.58. The predicted octanol–water partition coefficient (Wildman–Crippen LogP) is 4.69. The molecular weight excluding hydrogens is 404 g/mol. The summed E-state index contributed by atoms with van der Waals surface area (Å²) < 4.78 is 0. The van der Waals surface area contributed by atoms with Gasteiger partial charge in [-0.3, -0.25) is 9.78 Å². The highest BCUT2D eigenvalue weighted by molar-refractivity contribution is 8.00. The molecule has 1 atom stereocenters. The van der Waals surface area contributed by atoms with Crippen LogP contribution in [0, 0.1) is 0 Å². The molecule has 1 aromatic carbocycles. The number of thioether (sulfide) groups is 1. The standard InChI is InChI=1S/C22H21ClN4OS/c23-20-6-2-1-5-18(20)19-12-25-15-26-22(19)16-4-3-11-27(13-16)21(28)14-29-17-7-9-24-10-8-17/h1-2,5-10,12,15-16H,3-4,11,13-14H2/t16-/m0/s1. The van der Waals surface area contributed by atoms with Gasteiger partial charge in [0.25, 0.3) is 0 Å². The van der Waals surface area contributed by atoms with Crippen molar-refractivity contribution in [1.29, 1.82) is 0 Å². The number of hydrogen-bond donors (Lipinski definition) is 0. The molecule has 0 aliphatic carbocycles. The van der Waals surface area contributed by atoms with Crippen LogP contribution in [0.3, 0.4) is 0 Å². The van der Waals surface area contributed by atoms with E-state index < -0.39 is 0 Å². The molecule has 5 nitrogen and oxygen atoms in total. The van der Waals surface area contributed by atoms with Crippen molar-refractivity contribution in [2.24, 2.45) is 0 Å². The third kappa shape index (κ3) is 4.77. The molecule has 7 heteroatoms. The molecule has 3 heterocycles. The summed E-state index contributed by atoms with van der Waals surface area (Å²) in [6.45, 7) is 1.46. The zero-order valence-corrected chi connectivity index (χ0v) is 17.4. The number of hydrogen-bond acceptors (Lipinski definition) is 5. The quantitative estimate of drug-likeness (QED) is 0.556. The van der Waals surface area contributed by atoms with Crippen molar-refractivity contribution in [2.75, 3.05) is 18.8 Å². The summed E-state index contributed by atoms with van der Waals surface area (Å²) in [4.78, 5) is 28.6. The van der Waals surface area contributed by atoms with Crippen LogP contribution in [0.1, 0.15) is 24.5 Å². The number of benzene rings is 1. The van der Waals surface area contributed by atoms with Crippen molar-refractivity contribution < 1.29 is 4.79 Å². The SMILES string of the molecule is O=C(CSc1ccncc1)N1CCC[C@H](c2ncncc2-c2ccccc2Cl)C1. The number of pyridine rings is 1. The van der Waals surface area contributed by atoms with Crippen LogP contribution in [0.4, 0.5) is 0 Å². The second-order valence-electron chi connectivity index (χ2n) is 6.95. The maximum Gasteiger partial charge on any atom is 0.232 e. The van der Waals surface area contributed by atoms with Gasteiger partial charge in [0, 0.05) is 58.6 Å². The van der Waals surface area contributed by atoms with Crippen LogP contribution in [0.2, 0.25) is 5.02 Å². The zero-order chi connectivity index (χ0) is 20.1. The fourth-order valence-electron chi connectivity index (χ4n) is 3.65. The van der Waals surface area contributed by atoms with Gasteiger partial charge in [-0.15, -0.1) is 11.8 Å². The number of nitrogens with zero attached hydrogens (tertiary/aromatic N) is 4. The van der Waals surface area contributed by atoms with Crippen LogP contribution < -0.4 is 0 Å². The Morgan fingerprint density at radius 3 is 2.79 bits per heavy atom. The van der Waals surface area contributed by atoms with E-state index in [4.69, 9.17) is 11.6 Å². The maximum atomic E-state index is 12.8. The van der Waals surface area contributed by atoms with Crippen molar-refractivity contribution in [3.63, 3.8) is 0 Å². The van der Waals surface area contributed by atoms with Gasteiger partial charge >= 0.3 is 0 Å². The van der Waals surface area contributed by atoms with E-state index in [2.05, 4.69) is 15.0 Å². The molecule has 0 N–H and O–H groups in total. The van der Waals surface area contributed by atoms with Crippen molar-refractivity contribution >= 4 is 29.3 Å². The number of carbonyl (C=O) groups excluding carboxylic acids is 1. The Labute approximate surface area is 179 Å². The van der Waals surface area contributed by atoms with Crippen LogP contribution in [0.25, 0.3) is 11.1 Å². The van der Waals surface area contributed by atoms with E-state index in [1.54, 1.807) is 30.5 Å². The summed E-state index contributed by atoms with van der Waals surface area (Å²) in [5.74, 6) is 0.760. The Balaban J connectivity index is 1.49. The molecule has 148 valence electrons. The Morgan fingerprint density at radius 1 is 1.14 bits per heavy atom. The van der Waals surface area contributed by atoms with E-state index in [9.17, 15) is 4.79 Å². The first-order chi connectivity index (χ1) is 14.2. The molecule has 0 spiro atoms. The van der Waals surface area contributed by atoms with Crippen LogP contribution in [-0.4, -0.2) is 44.6 Å². The fourth-order valence-corrected chi connectivity index (χ4v) is 4.67. The maximum absolute atomic E-state index is 12.8. The summed E-state index contributed by atoms with van der Waals surface area (Å²) in [6.07, 6.45) is 8.85. The second kappa shape index (κ2) is 9.37. The minimum Gasteiger partial charge on any atom is -0.341 e. The smallest absolute Gasteiger partial charge is 0.232 e.